The maximum absolute atomic E-state index is 12.2. The summed E-state index contributed by atoms with van der Waals surface area (Å²) in [5.74, 6) is -2.31. The topological polar surface area (TPSA) is 82.1 Å². The molecule has 166 valence electrons. The molecule has 1 aliphatic rings. The maximum atomic E-state index is 12.2. The molecule has 8 heteroatoms. The first-order valence-electron chi connectivity index (χ1n) is 10.2. The third kappa shape index (κ3) is 6.93. The second-order valence-electron chi connectivity index (χ2n) is 7.96. The molecule has 1 saturated heterocycles. The van der Waals surface area contributed by atoms with Crippen molar-refractivity contribution in [3.05, 3.63) is 29.8 Å². The van der Waals surface area contributed by atoms with E-state index >= 15 is 0 Å². The molecule has 0 saturated carbocycles. The number of esters is 2. The van der Waals surface area contributed by atoms with Crippen LogP contribution in [0.4, 0.5) is 4.79 Å². The zero-order valence-electron chi connectivity index (χ0n) is 18.3. The summed E-state index contributed by atoms with van der Waals surface area (Å²) in [6.07, 6.45) is 0.590. The summed E-state index contributed by atoms with van der Waals surface area (Å²) < 4.78 is 15.5. The highest BCUT2D eigenvalue weighted by atomic mass is 32.2. The Hall–Kier alpha value is -2.22. The largest absolute Gasteiger partial charge is 0.465 e. The number of nitrogens with zero attached hydrogens (tertiary/aromatic N) is 1. The normalized spacial score (nSPS) is 16.5. The number of hydrogen-bond acceptors (Lipinski definition) is 7. The minimum atomic E-state index is -1.09. The number of thioether (sulfide) groups is 1. The molecule has 1 fully saturated rings. The Morgan fingerprint density at radius 3 is 2.13 bits per heavy atom. The molecule has 1 aromatic carbocycles. The van der Waals surface area contributed by atoms with E-state index in [1.54, 1.807) is 42.6 Å². The minimum absolute atomic E-state index is 0.193. The zero-order valence-corrected chi connectivity index (χ0v) is 19.1. The Balaban J connectivity index is 2.00. The highest BCUT2D eigenvalue weighted by Gasteiger charge is 2.32. The molecule has 0 unspecified atom stereocenters. The van der Waals surface area contributed by atoms with Gasteiger partial charge in [0.05, 0.1) is 13.2 Å². The van der Waals surface area contributed by atoms with Crippen LogP contribution in [-0.2, 0) is 23.8 Å². The van der Waals surface area contributed by atoms with Gasteiger partial charge in [0, 0.05) is 23.2 Å². The van der Waals surface area contributed by atoms with Crippen LogP contribution in [0.3, 0.4) is 0 Å². The highest BCUT2D eigenvalue weighted by Crippen LogP contribution is 2.32. The lowest BCUT2D eigenvalue weighted by atomic mass is 9.99. The predicted molar refractivity (Wildman–Crippen MR) is 115 cm³/mol. The fourth-order valence-electron chi connectivity index (χ4n) is 3.07. The monoisotopic (exact) mass is 437 g/mol. The third-order valence-corrected chi connectivity index (χ3v) is 5.62. The number of benzene rings is 1. The molecule has 1 amide bonds. The summed E-state index contributed by atoms with van der Waals surface area (Å²) >= 11 is 1.67. The lowest BCUT2D eigenvalue weighted by Gasteiger charge is -2.24. The molecule has 0 N–H and O–H groups in total. The maximum Gasteiger partial charge on any atom is 0.410 e. The molecule has 0 radical (unpaired) electrons. The fourth-order valence-corrected chi connectivity index (χ4v) is 4.22. The van der Waals surface area contributed by atoms with E-state index in [0.717, 1.165) is 11.3 Å². The van der Waals surface area contributed by atoms with Crippen LogP contribution >= 0.6 is 11.8 Å². The van der Waals surface area contributed by atoms with E-state index in [0.29, 0.717) is 18.7 Å². The molecular weight excluding hydrogens is 406 g/mol. The third-order valence-electron chi connectivity index (χ3n) is 4.36. The molecular formula is C22H31NO6S. The molecule has 0 aliphatic carbocycles. The van der Waals surface area contributed by atoms with Gasteiger partial charge in [-0.2, -0.15) is 0 Å². The lowest BCUT2D eigenvalue weighted by molar-refractivity contribution is -0.156. The highest BCUT2D eigenvalue weighted by molar-refractivity contribution is 8.00. The van der Waals surface area contributed by atoms with Gasteiger partial charge >= 0.3 is 18.0 Å². The van der Waals surface area contributed by atoms with Gasteiger partial charge in [0.2, 0.25) is 0 Å². The van der Waals surface area contributed by atoms with Gasteiger partial charge in [0.15, 0.2) is 5.92 Å². The van der Waals surface area contributed by atoms with Crippen LogP contribution in [0.25, 0.3) is 0 Å². The van der Waals surface area contributed by atoms with Gasteiger partial charge in [0.25, 0.3) is 0 Å². The van der Waals surface area contributed by atoms with Crippen molar-refractivity contribution in [1.29, 1.82) is 0 Å². The van der Waals surface area contributed by atoms with Crippen LogP contribution < -0.4 is 0 Å². The standard InChI is InChI=1S/C22H31NO6S/c1-6-27-19(24)18(20(25)28-7-2)15-8-10-16(11-9-15)30-17-12-13-23(14-17)21(26)29-22(3,4)5/h8-11,17-18H,6-7,12-14H2,1-5H3/t17-/m0/s1. The number of rotatable bonds is 7. The summed E-state index contributed by atoms with van der Waals surface area (Å²) in [4.78, 5) is 39.4. The lowest BCUT2D eigenvalue weighted by Crippen LogP contribution is -2.35. The Morgan fingerprint density at radius 2 is 1.63 bits per heavy atom. The Bertz CT molecular complexity index is 725. The molecule has 1 aromatic rings. The average Bonchev–Trinajstić information content (AvgIpc) is 3.11. The molecule has 1 atom stereocenters. The van der Waals surface area contributed by atoms with Crippen molar-refractivity contribution in [3.63, 3.8) is 0 Å². The van der Waals surface area contributed by atoms with E-state index in [1.165, 1.54) is 0 Å². The second kappa shape index (κ2) is 10.7. The number of carbonyl (C=O) groups excluding carboxylic acids is 3. The number of amides is 1. The first-order valence-corrected chi connectivity index (χ1v) is 11.1. The zero-order chi connectivity index (χ0) is 22.3. The van der Waals surface area contributed by atoms with Crippen molar-refractivity contribution >= 4 is 29.8 Å². The van der Waals surface area contributed by atoms with Gasteiger partial charge in [-0.25, -0.2) is 4.79 Å². The smallest absolute Gasteiger partial charge is 0.410 e. The van der Waals surface area contributed by atoms with Gasteiger partial charge in [0.1, 0.15) is 5.60 Å². The molecule has 0 spiro atoms. The summed E-state index contributed by atoms with van der Waals surface area (Å²) in [6, 6.07) is 7.26. The molecule has 30 heavy (non-hydrogen) atoms. The fraction of sp³-hybridized carbons (Fsp3) is 0.591. The van der Waals surface area contributed by atoms with Crippen molar-refractivity contribution in [2.75, 3.05) is 26.3 Å². The van der Waals surface area contributed by atoms with Gasteiger partial charge < -0.3 is 19.1 Å². The van der Waals surface area contributed by atoms with E-state index in [9.17, 15) is 14.4 Å². The van der Waals surface area contributed by atoms with Gasteiger partial charge in [-0.15, -0.1) is 11.8 Å². The van der Waals surface area contributed by atoms with Crippen molar-refractivity contribution in [2.45, 2.75) is 62.7 Å². The van der Waals surface area contributed by atoms with Crippen LogP contribution in [0.1, 0.15) is 52.5 Å². The summed E-state index contributed by atoms with van der Waals surface area (Å²) in [6.45, 7) is 10.6. The van der Waals surface area contributed by atoms with Crippen LogP contribution in [0.5, 0.6) is 0 Å². The van der Waals surface area contributed by atoms with E-state index in [1.807, 2.05) is 32.9 Å². The van der Waals surface area contributed by atoms with Crippen LogP contribution in [0.2, 0.25) is 0 Å². The Morgan fingerprint density at radius 1 is 1.07 bits per heavy atom. The number of likely N-dealkylation sites (tertiary alicyclic amines) is 1. The van der Waals surface area contributed by atoms with Crippen LogP contribution in [0, 0.1) is 0 Å². The van der Waals surface area contributed by atoms with Gasteiger partial charge in [-0.3, -0.25) is 9.59 Å². The molecule has 1 heterocycles. The molecule has 7 nitrogen and oxygen atoms in total. The van der Waals surface area contributed by atoms with Crippen LogP contribution in [0.15, 0.2) is 29.2 Å². The quantitative estimate of drug-likeness (QED) is 0.362. The van der Waals surface area contributed by atoms with Crippen molar-refractivity contribution < 1.29 is 28.6 Å². The van der Waals surface area contributed by atoms with Crippen LogP contribution in [-0.4, -0.2) is 60.1 Å². The van der Waals surface area contributed by atoms with E-state index in [2.05, 4.69) is 0 Å². The first-order chi connectivity index (χ1) is 14.1. The summed E-state index contributed by atoms with van der Waals surface area (Å²) in [5, 5.41) is 0.259. The molecule has 0 bridgehead atoms. The van der Waals surface area contributed by atoms with Crippen molar-refractivity contribution in [2.24, 2.45) is 0 Å². The second-order valence-corrected chi connectivity index (χ2v) is 9.33. The van der Waals surface area contributed by atoms with E-state index < -0.39 is 23.5 Å². The Labute approximate surface area is 182 Å². The van der Waals surface area contributed by atoms with Crippen molar-refractivity contribution in [3.8, 4) is 0 Å². The SMILES string of the molecule is CCOC(=O)C(C(=O)OCC)c1ccc(S[C@H]2CCN(C(=O)OC(C)(C)C)C2)cc1. The summed E-state index contributed by atoms with van der Waals surface area (Å²) in [7, 11) is 0. The van der Waals surface area contributed by atoms with Gasteiger partial charge in [-0.05, 0) is 58.7 Å². The molecule has 0 aromatic heterocycles. The Kier molecular flexibility index (Phi) is 8.58. The van der Waals surface area contributed by atoms with E-state index in [4.69, 9.17) is 14.2 Å². The minimum Gasteiger partial charge on any atom is -0.465 e. The predicted octanol–water partition coefficient (Wildman–Crippen LogP) is 4.00. The van der Waals surface area contributed by atoms with E-state index in [-0.39, 0.29) is 24.6 Å². The number of ether oxygens (including phenoxy) is 3. The van der Waals surface area contributed by atoms with Gasteiger partial charge in [-0.1, -0.05) is 12.1 Å². The first kappa shape index (κ1) is 24.1. The molecule has 2 rings (SSSR count). The number of hydrogen-bond donors (Lipinski definition) is 0. The van der Waals surface area contributed by atoms with Crippen molar-refractivity contribution in [1.82, 2.24) is 4.90 Å². The molecule has 1 aliphatic heterocycles. The average molecular weight is 438 g/mol. The number of carbonyl (C=O) groups is 3. The summed E-state index contributed by atoms with van der Waals surface area (Å²) in [5.41, 5.74) is 0.0325.